The van der Waals surface area contributed by atoms with Gasteiger partial charge in [-0.2, -0.15) is 21.6 Å². The minimum Gasteiger partial charge on any atom is -0.354 e. The molecule has 4 nitrogen and oxygen atoms in total. The molecule has 112 valence electrons. The van der Waals surface area contributed by atoms with E-state index < -0.39 is 27.2 Å². The lowest BCUT2D eigenvalue weighted by molar-refractivity contribution is -0.137. The predicted molar refractivity (Wildman–Crippen MR) is 64.9 cm³/mol. The molecule has 0 aliphatic carbocycles. The van der Waals surface area contributed by atoms with Crippen molar-refractivity contribution in [3.63, 3.8) is 0 Å². The first-order valence-corrected chi connectivity index (χ1v) is 7.32. The van der Waals surface area contributed by atoms with Gasteiger partial charge in [-0.25, -0.2) is 4.98 Å². The van der Waals surface area contributed by atoms with Gasteiger partial charge < -0.3 is 4.90 Å². The molecule has 10 heteroatoms. The number of rotatable bonds is 2. The highest BCUT2D eigenvalue weighted by atomic mass is 35.5. The second-order valence-corrected chi connectivity index (χ2v) is 6.38. The SMILES string of the molecule is O=S(=O)(F)C1CCN(c2ncc(C(F)(F)F)cc2Cl)C1. The maximum atomic E-state index is 12.8. The second kappa shape index (κ2) is 5.03. The number of hydrogen-bond donors (Lipinski definition) is 0. The first-order valence-electron chi connectivity index (χ1n) is 5.50. The van der Waals surface area contributed by atoms with Gasteiger partial charge in [-0.05, 0) is 12.5 Å². The third kappa shape index (κ3) is 3.14. The van der Waals surface area contributed by atoms with Crippen molar-refractivity contribution in [1.82, 2.24) is 4.98 Å². The predicted octanol–water partition coefficient (Wildman–Crippen LogP) is 2.63. The molecule has 1 saturated heterocycles. The Morgan fingerprint density at radius 2 is 2.05 bits per heavy atom. The van der Waals surface area contributed by atoms with Crippen LogP contribution in [0.25, 0.3) is 0 Å². The zero-order chi connectivity index (χ0) is 15.1. The van der Waals surface area contributed by atoms with Crippen LogP contribution in [0.1, 0.15) is 12.0 Å². The first-order chi connectivity index (χ1) is 9.09. The molecule has 1 fully saturated rings. The summed E-state index contributed by atoms with van der Waals surface area (Å²) in [5, 5.41) is -1.46. The maximum absolute atomic E-state index is 12.8. The van der Waals surface area contributed by atoms with E-state index in [2.05, 4.69) is 4.98 Å². The number of nitrogens with zero attached hydrogens (tertiary/aromatic N) is 2. The summed E-state index contributed by atoms with van der Waals surface area (Å²) in [6, 6.07) is 0.709. The number of halogens is 5. The Hall–Kier alpha value is -1.09. The summed E-state index contributed by atoms with van der Waals surface area (Å²) in [6.07, 6.45) is -3.92. The normalized spacial score (nSPS) is 20.4. The van der Waals surface area contributed by atoms with Crippen LogP contribution in [0.3, 0.4) is 0 Å². The van der Waals surface area contributed by atoms with Crippen LogP contribution in [0, 0.1) is 0 Å². The zero-order valence-corrected chi connectivity index (χ0v) is 11.4. The molecule has 0 N–H and O–H groups in total. The van der Waals surface area contributed by atoms with Gasteiger partial charge in [0.2, 0.25) is 0 Å². The molecule has 0 radical (unpaired) electrons. The van der Waals surface area contributed by atoms with Gasteiger partial charge in [-0.3, -0.25) is 0 Å². The van der Waals surface area contributed by atoms with E-state index >= 15 is 0 Å². The molecule has 1 unspecified atom stereocenters. The van der Waals surface area contributed by atoms with Crippen LogP contribution in [0.15, 0.2) is 12.3 Å². The molecule has 1 aromatic rings. The van der Waals surface area contributed by atoms with E-state index in [1.165, 1.54) is 4.90 Å². The van der Waals surface area contributed by atoms with Crippen molar-refractivity contribution in [2.24, 2.45) is 0 Å². The molecule has 1 aromatic heterocycles. The molecule has 20 heavy (non-hydrogen) atoms. The topological polar surface area (TPSA) is 50.3 Å². The molecule has 0 spiro atoms. The molecular formula is C10H9ClF4N2O2S. The molecule has 2 heterocycles. The fraction of sp³-hybridized carbons (Fsp3) is 0.500. The van der Waals surface area contributed by atoms with E-state index in [9.17, 15) is 25.5 Å². The monoisotopic (exact) mass is 332 g/mol. The van der Waals surface area contributed by atoms with Crippen LogP contribution in [-0.4, -0.2) is 31.7 Å². The van der Waals surface area contributed by atoms with Gasteiger partial charge in [0.05, 0.1) is 10.6 Å². The van der Waals surface area contributed by atoms with Crippen LogP contribution < -0.4 is 4.90 Å². The number of alkyl halides is 3. The van der Waals surface area contributed by atoms with E-state index in [1.807, 2.05) is 0 Å². The van der Waals surface area contributed by atoms with Crippen molar-refractivity contribution < 1.29 is 25.5 Å². The van der Waals surface area contributed by atoms with Gasteiger partial charge >= 0.3 is 16.4 Å². The highest BCUT2D eigenvalue weighted by molar-refractivity contribution is 7.87. The summed E-state index contributed by atoms with van der Waals surface area (Å²) in [5.74, 6) is 0.0193. The number of hydrogen-bond acceptors (Lipinski definition) is 4. The molecule has 1 aliphatic heterocycles. The van der Waals surface area contributed by atoms with Crippen LogP contribution in [0.5, 0.6) is 0 Å². The van der Waals surface area contributed by atoms with E-state index in [-0.39, 0.29) is 30.4 Å². The average molecular weight is 333 g/mol. The molecule has 0 saturated carbocycles. The largest absolute Gasteiger partial charge is 0.417 e. The Morgan fingerprint density at radius 1 is 1.40 bits per heavy atom. The van der Waals surface area contributed by atoms with Gasteiger partial charge in [0.15, 0.2) is 0 Å². The van der Waals surface area contributed by atoms with E-state index in [4.69, 9.17) is 11.6 Å². The highest BCUT2D eigenvalue weighted by Crippen LogP contribution is 2.34. The molecule has 1 aliphatic rings. The lowest BCUT2D eigenvalue weighted by Crippen LogP contribution is -2.25. The standard InChI is InChI=1S/C10H9ClF4N2O2S/c11-8-3-6(10(12,13)14)4-16-9(8)17-2-1-7(5-17)20(15,18)19/h3-4,7H,1-2,5H2. The summed E-state index contributed by atoms with van der Waals surface area (Å²) >= 11 is 5.73. The molecule has 2 rings (SSSR count). The quantitative estimate of drug-likeness (QED) is 0.617. The summed E-state index contributed by atoms with van der Waals surface area (Å²) in [4.78, 5) is 4.95. The summed E-state index contributed by atoms with van der Waals surface area (Å²) in [7, 11) is -4.68. The Balaban J connectivity index is 2.24. The lowest BCUT2D eigenvalue weighted by atomic mass is 10.2. The fourth-order valence-corrected chi connectivity index (χ4v) is 3.00. The van der Waals surface area contributed by atoms with Crippen molar-refractivity contribution >= 4 is 27.6 Å². The highest BCUT2D eigenvalue weighted by Gasteiger charge is 2.36. The third-order valence-corrected chi connectivity index (χ3v) is 4.45. The molecular weight excluding hydrogens is 324 g/mol. The Kier molecular flexibility index (Phi) is 3.85. The second-order valence-electron chi connectivity index (χ2n) is 4.36. The molecule has 1 atom stereocenters. The minimum absolute atomic E-state index is 0.0193. The van der Waals surface area contributed by atoms with Gasteiger partial charge in [-0.15, -0.1) is 3.89 Å². The molecule has 0 amide bonds. The van der Waals surface area contributed by atoms with Gasteiger partial charge in [0, 0.05) is 19.3 Å². The van der Waals surface area contributed by atoms with E-state index in [0.29, 0.717) is 12.3 Å². The Labute approximate surface area is 117 Å². The smallest absolute Gasteiger partial charge is 0.354 e. The summed E-state index contributed by atoms with van der Waals surface area (Å²) < 4.78 is 71.8. The average Bonchev–Trinajstić information content (AvgIpc) is 2.76. The van der Waals surface area contributed by atoms with Crippen LogP contribution in [-0.2, 0) is 16.4 Å². The molecule has 0 bridgehead atoms. The summed E-state index contributed by atoms with van der Waals surface area (Å²) in [5.41, 5.74) is -1.000. The number of aromatic nitrogens is 1. The van der Waals surface area contributed by atoms with Gasteiger partial charge in [-0.1, -0.05) is 11.6 Å². The molecule has 0 aromatic carbocycles. The van der Waals surface area contributed by atoms with E-state index in [0.717, 1.165) is 0 Å². The fourth-order valence-electron chi connectivity index (χ4n) is 1.97. The van der Waals surface area contributed by atoms with Crippen molar-refractivity contribution in [1.29, 1.82) is 0 Å². The summed E-state index contributed by atoms with van der Waals surface area (Å²) in [6.45, 7) is -0.0250. The minimum atomic E-state index is -4.68. The first kappa shape index (κ1) is 15.3. The number of pyridine rings is 1. The van der Waals surface area contributed by atoms with Gasteiger partial charge in [0.1, 0.15) is 11.1 Å². The maximum Gasteiger partial charge on any atom is 0.417 e. The van der Waals surface area contributed by atoms with Crippen molar-refractivity contribution in [2.75, 3.05) is 18.0 Å². The van der Waals surface area contributed by atoms with Crippen molar-refractivity contribution in [2.45, 2.75) is 17.8 Å². The lowest BCUT2D eigenvalue weighted by Gasteiger charge is -2.19. The Bertz CT molecular complexity index is 620. The third-order valence-electron chi connectivity index (χ3n) is 2.99. The van der Waals surface area contributed by atoms with Crippen molar-refractivity contribution in [3.8, 4) is 0 Å². The van der Waals surface area contributed by atoms with Gasteiger partial charge in [0.25, 0.3) is 0 Å². The zero-order valence-electron chi connectivity index (χ0n) is 9.86. The number of anilines is 1. The van der Waals surface area contributed by atoms with Crippen LogP contribution in [0.2, 0.25) is 5.02 Å². The Morgan fingerprint density at radius 3 is 2.50 bits per heavy atom. The van der Waals surface area contributed by atoms with E-state index in [1.54, 1.807) is 0 Å². The van der Waals surface area contributed by atoms with Crippen molar-refractivity contribution in [3.05, 3.63) is 22.8 Å². The van der Waals surface area contributed by atoms with Crippen LogP contribution in [0.4, 0.5) is 22.9 Å². The van der Waals surface area contributed by atoms with Crippen LogP contribution >= 0.6 is 11.6 Å².